The Hall–Kier alpha value is -1.52. The molecule has 5 heteroatoms. The van der Waals surface area contributed by atoms with Crippen molar-refractivity contribution in [3.8, 4) is 0 Å². The number of carbonyl (C=O) groups excluding carboxylic acids is 2. The van der Waals surface area contributed by atoms with Gasteiger partial charge in [0.1, 0.15) is 0 Å². The molecule has 5 nitrogen and oxygen atoms in total. The maximum atomic E-state index is 11.5. The molecule has 0 bridgehead atoms. The highest BCUT2D eigenvalue weighted by molar-refractivity contribution is 5.92. The van der Waals surface area contributed by atoms with Gasteiger partial charge in [-0.15, -0.1) is 0 Å². The first kappa shape index (κ1) is 12.5. The van der Waals surface area contributed by atoms with Crippen LogP contribution < -0.4 is 0 Å². The first-order valence-corrected chi connectivity index (χ1v) is 5.03. The van der Waals surface area contributed by atoms with Crippen LogP contribution in [0.2, 0.25) is 0 Å². The van der Waals surface area contributed by atoms with Gasteiger partial charge in [0.2, 0.25) is 0 Å². The Morgan fingerprint density at radius 1 is 1.44 bits per heavy atom. The lowest BCUT2D eigenvalue weighted by molar-refractivity contribution is -0.119. The summed E-state index contributed by atoms with van der Waals surface area (Å²) in [6.07, 6.45) is 0.347. The summed E-state index contributed by atoms with van der Waals surface area (Å²) in [6.45, 7) is 7.16. The third kappa shape index (κ3) is 2.35. The van der Waals surface area contributed by atoms with E-state index in [1.165, 1.54) is 25.1 Å². The lowest BCUT2D eigenvalue weighted by Crippen LogP contribution is -2.42. The number of nitrogens with zero attached hydrogens (tertiary/aromatic N) is 1. The second-order valence-corrected chi connectivity index (χ2v) is 4.76. The Morgan fingerprint density at radius 3 is 2.38 bits per heavy atom. The number of allylic oxidation sites excluding steroid dienone is 1. The van der Waals surface area contributed by atoms with E-state index >= 15 is 0 Å². The number of ketones is 1. The molecule has 1 heterocycles. The van der Waals surface area contributed by atoms with Gasteiger partial charge >= 0.3 is 6.09 Å². The minimum absolute atomic E-state index is 0.185. The lowest BCUT2D eigenvalue weighted by Gasteiger charge is -2.32. The molecule has 0 spiro atoms. The van der Waals surface area contributed by atoms with E-state index in [1.54, 1.807) is 0 Å². The standard InChI is InChI=1S/C11H17NO4/c1-7(13)8-6-12(10(14)15-5)9(16-8)11(2,3)4/h6,9H,1-5H3/t9-/m1/s1. The van der Waals surface area contributed by atoms with Crippen LogP contribution in [0.3, 0.4) is 0 Å². The summed E-state index contributed by atoms with van der Waals surface area (Å²) in [5, 5.41) is 0. The highest BCUT2D eigenvalue weighted by Crippen LogP contribution is 2.32. The molecule has 0 N–H and O–H groups in total. The average Bonchev–Trinajstić information content (AvgIpc) is 2.60. The molecule has 0 fully saturated rings. The van der Waals surface area contributed by atoms with Crippen LogP contribution in [0.15, 0.2) is 12.0 Å². The zero-order valence-electron chi connectivity index (χ0n) is 10.2. The van der Waals surface area contributed by atoms with Gasteiger partial charge in [-0.3, -0.25) is 4.79 Å². The second-order valence-electron chi connectivity index (χ2n) is 4.76. The van der Waals surface area contributed by atoms with E-state index in [-0.39, 0.29) is 17.0 Å². The minimum Gasteiger partial charge on any atom is -0.464 e. The van der Waals surface area contributed by atoms with Crippen molar-refractivity contribution in [1.29, 1.82) is 0 Å². The van der Waals surface area contributed by atoms with Gasteiger partial charge in [-0.05, 0) is 0 Å². The van der Waals surface area contributed by atoms with Crippen molar-refractivity contribution in [2.75, 3.05) is 7.11 Å². The van der Waals surface area contributed by atoms with Crippen LogP contribution in [0.5, 0.6) is 0 Å². The summed E-state index contributed by atoms with van der Waals surface area (Å²) in [6, 6.07) is 0. The molecule has 0 unspecified atom stereocenters. The van der Waals surface area contributed by atoms with E-state index in [9.17, 15) is 9.59 Å². The molecule has 0 radical (unpaired) electrons. The normalized spacial score (nSPS) is 20.2. The molecule has 0 aliphatic carbocycles. The Bertz CT molecular complexity index is 340. The number of ether oxygens (including phenoxy) is 2. The largest absolute Gasteiger partial charge is 0.464 e. The highest BCUT2D eigenvalue weighted by Gasteiger charge is 2.40. The molecule has 90 valence electrons. The summed E-state index contributed by atoms with van der Waals surface area (Å²) in [7, 11) is 1.29. The summed E-state index contributed by atoms with van der Waals surface area (Å²) < 4.78 is 10.1. The quantitative estimate of drug-likeness (QED) is 0.686. The monoisotopic (exact) mass is 227 g/mol. The minimum atomic E-state index is -0.531. The molecule has 0 aromatic carbocycles. The first-order chi connectivity index (χ1) is 7.27. The molecule has 0 saturated carbocycles. The maximum Gasteiger partial charge on any atom is 0.416 e. The van der Waals surface area contributed by atoms with Crippen LogP contribution in [-0.2, 0) is 14.3 Å². The molecular formula is C11H17NO4. The van der Waals surface area contributed by atoms with E-state index in [1.807, 2.05) is 20.8 Å². The van der Waals surface area contributed by atoms with E-state index in [0.29, 0.717) is 0 Å². The fraction of sp³-hybridized carbons (Fsp3) is 0.636. The topological polar surface area (TPSA) is 55.8 Å². The van der Waals surface area contributed by atoms with Gasteiger partial charge in [-0.2, -0.15) is 0 Å². The van der Waals surface area contributed by atoms with Crippen molar-refractivity contribution < 1.29 is 19.1 Å². The second kappa shape index (κ2) is 4.15. The van der Waals surface area contributed by atoms with Gasteiger partial charge in [0.25, 0.3) is 0 Å². The van der Waals surface area contributed by atoms with Gasteiger partial charge in [0.15, 0.2) is 17.8 Å². The van der Waals surface area contributed by atoms with Crippen molar-refractivity contribution in [2.24, 2.45) is 5.41 Å². The summed E-state index contributed by atoms with van der Waals surface area (Å²) >= 11 is 0. The molecule has 0 aromatic heterocycles. The number of carbonyl (C=O) groups is 2. The Balaban J connectivity index is 2.98. The van der Waals surface area contributed by atoms with Crippen LogP contribution in [0.1, 0.15) is 27.7 Å². The number of hydrogen-bond donors (Lipinski definition) is 0. The van der Waals surface area contributed by atoms with Crippen molar-refractivity contribution in [3.05, 3.63) is 12.0 Å². The smallest absolute Gasteiger partial charge is 0.416 e. The predicted molar refractivity (Wildman–Crippen MR) is 57.3 cm³/mol. The van der Waals surface area contributed by atoms with Crippen molar-refractivity contribution in [2.45, 2.75) is 33.9 Å². The summed E-state index contributed by atoms with van der Waals surface area (Å²) in [5.41, 5.74) is -0.304. The van der Waals surface area contributed by atoms with Crippen LogP contribution in [0.25, 0.3) is 0 Å². The molecular weight excluding hydrogens is 210 g/mol. The van der Waals surface area contributed by atoms with Crippen molar-refractivity contribution >= 4 is 11.9 Å². The third-order valence-corrected chi connectivity index (χ3v) is 2.22. The molecule has 1 aliphatic heterocycles. The molecule has 1 aliphatic rings. The van der Waals surface area contributed by atoms with Crippen LogP contribution in [0.4, 0.5) is 4.79 Å². The molecule has 1 atom stereocenters. The maximum absolute atomic E-state index is 11.5. The number of amides is 1. The van der Waals surface area contributed by atoms with Gasteiger partial charge in [0, 0.05) is 12.3 Å². The van der Waals surface area contributed by atoms with Crippen LogP contribution >= 0.6 is 0 Å². The van der Waals surface area contributed by atoms with E-state index in [4.69, 9.17) is 4.74 Å². The Labute approximate surface area is 95.0 Å². The summed E-state index contributed by atoms with van der Waals surface area (Å²) in [4.78, 5) is 24.0. The van der Waals surface area contributed by atoms with E-state index < -0.39 is 12.3 Å². The summed E-state index contributed by atoms with van der Waals surface area (Å²) in [5.74, 6) is -0.0222. The molecule has 0 aromatic rings. The predicted octanol–water partition coefficient (Wildman–Crippen LogP) is 1.89. The number of Topliss-reactive ketones (excluding diaryl/α,β-unsaturated/α-hetero) is 1. The zero-order chi connectivity index (χ0) is 12.5. The molecule has 16 heavy (non-hydrogen) atoms. The number of hydrogen-bond acceptors (Lipinski definition) is 4. The number of rotatable bonds is 1. The van der Waals surface area contributed by atoms with Gasteiger partial charge < -0.3 is 9.47 Å². The Kier molecular flexibility index (Phi) is 3.26. The van der Waals surface area contributed by atoms with Gasteiger partial charge in [-0.1, -0.05) is 20.8 Å². The van der Waals surface area contributed by atoms with Gasteiger partial charge in [-0.25, -0.2) is 9.69 Å². The average molecular weight is 227 g/mol. The zero-order valence-corrected chi connectivity index (χ0v) is 10.2. The van der Waals surface area contributed by atoms with E-state index in [2.05, 4.69) is 4.74 Å². The number of methoxy groups -OCH3 is 1. The molecule has 1 amide bonds. The van der Waals surface area contributed by atoms with E-state index in [0.717, 1.165) is 0 Å². The third-order valence-electron chi connectivity index (χ3n) is 2.22. The lowest BCUT2D eigenvalue weighted by atomic mass is 9.94. The van der Waals surface area contributed by atoms with Gasteiger partial charge in [0.05, 0.1) is 13.3 Å². The van der Waals surface area contributed by atoms with Crippen LogP contribution in [-0.4, -0.2) is 30.1 Å². The fourth-order valence-electron chi connectivity index (χ4n) is 1.42. The molecule has 1 rings (SSSR count). The SMILES string of the molecule is COC(=O)N1C=C(C(C)=O)O[C@@H]1C(C)(C)C. The fourth-order valence-corrected chi connectivity index (χ4v) is 1.42. The first-order valence-electron chi connectivity index (χ1n) is 5.03. The highest BCUT2D eigenvalue weighted by atomic mass is 16.6. The van der Waals surface area contributed by atoms with Crippen LogP contribution in [0, 0.1) is 5.41 Å². The molecule has 0 saturated heterocycles. The van der Waals surface area contributed by atoms with Crippen molar-refractivity contribution in [3.63, 3.8) is 0 Å². The Morgan fingerprint density at radius 2 is 2.00 bits per heavy atom. The van der Waals surface area contributed by atoms with Crippen molar-refractivity contribution in [1.82, 2.24) is 4.90 Å².